The molecule has 178 valence electrons. The molecule has 3 aromatic carbocycles. The van der Waals surface area contributed by atoms with E-state index >= 15 is 0 Å². The normalized spacial score (nSPS) is 15.1. The van der Waals surface area contributed by atoms with Crippen LogP contribution >= 0.6 is 0 Å². The maximum Gasteiger partial charge on any atom is 0.262 e. The molecule has 0 unspecified atom stereocenters. The van der Waals surface area contributed by atoms with Gasteiger partial charge in [0.15, 0.2) is 0 Å². The van der Waals surface area contributed by atoms with Crippen LogP contribution in [0.3, 0.4) is 0 Å². The van der Waals surface area contributed by atoms with Crippen LogP contribution in [0.5, 0.6) is 11.5 Å². The van der Waals surface area contributed by atoms with E-state index in [-0.39, 0.29) is 4.90 Å². The summed E-state index contributed by atoms with van der Waals surface area (Å²) in [4.78, 5) is 4.54. The Balaban J connectivity index is 1.52. The monoisotopic (exact) mass is 481 g/mol. The molecule has 0 bridgehead atoms. The molecule has 4 aromatic rings. The zero-order chi connectivity index (χ0) is 23.9. The Bertz CT molecular complexity index is 1460. The van der Waals surface area contributed by atoms with Crippen LogP contribution in [-0.4, -0.2) is 60.8 Å². The van der Waals surface area contributed by atoms with Gasteiger partial charge in [0.05, 0.1) is 30.5 Å². The Morgan fingerprint density at radius 3 is 2.32 bits per heavy atom. The van der Waals surface area contributed by atoms with Gasteiger partial charge in [0.25, 0.3) is 10.0 Å². The van der Waals surface area contributed by atoms with E-state index in [0.29, 0.717) is 22.8 Å². The molecule has 8 nitrogen and oxygen atoms in total. The van der Waals surface area contributed by atoms with Crippen molar-refractivity contribution in [3.8, 4) is 11.5 Å². The van der Waals surface area contributed by atoms with E-state index in [2.05, 4.69) is 21.6 Å². The standard InChI is InChI=1S/C25H27N3O5S/c1-27-10-12-28(13-11-27)21-14-17(8-9-23(21)31-2)34(29,30)26-20-16-24-19(15-25(20)32-3)18-6-4-5-7-22(18)33-24/h4-9,14-16,26H,10-13H2,1-3H3. The molecular weight excluding hydrogens is 454 g/mol. The Labute approximate surface area is 198 Å². The molecule has 2 heterocycles. The Morgan fingerprint density at radius 1 is 0.853 bits per heavy atom. The first-order valence-corrected chi connectivity index (χ1v) is 12.5. The number of para-hydroxylation sites is 1. The molecule has 1 N–H and O–H groups in total. The van der Waals surface area contributed by atoms with E-state index in [9.17, 15) is 8.42 Å². The Morgan fingerprint density at radius 2 is 1.59 bits per heavy atom. The van der Waals surface area contributed by atoms with Gasteiger partial charge in [-0.1, -0.05) is 18.2 Å². The smallest absolute Gasteiger partial charge is 0.262 e. The van der Waals surface area contributed by atoms with Crippen molar-refractivity contribution < 1.29 is 22.3 Å². The summed E-state index contributed by atoms with van der Waals surface area (Å²) in [5.74, 6) is 1.06. The van der Waals surface area contributed by atoms with Gasteiger partial charge in [-0.3, -0.25) is 4.72 Å². The fourth-order valence-corrected chi connectivity index (χ4v) is 5.42. The van der Waals surface area contributed by atoms with Crippen molar-refractivity contribution in [1.82, 2.24) is 4.90 Å². The number of benzene rings is 3. The molecule has 1 fully saturated rings. The van der Waals surface area contributed by atoms with Crippen molar-refractivity contribution in [2.75, 3.05) is 57.1 Å². The number of likely N-dealkylation sites (N-methyl/N-ethyl adjacent to an activating group) is 1. The average molecular weight is 482 g/mol. The van der Waals surface area contributed by atoms with Crippen LogP contribution in [0.2, 0.25) is 0 Å². The summed E-state index contributed by atoms with van der Waals surface area (Å²) in [7, 11) is 1.28. The molecule has 0 radical (unpaired) electrons. The number of nitrogens with zero attached hydrogens (tertiary/aromatic N) is 2. The van der Waals surface area contributed by atoms with E-state index in [4.69, 9.17) is 13.9 Å². The lowest BCUT2D eigenvalue weighted by atomic mass is 10.1. The highest BCUT2D eigenvalue weighted by Crippen LogP contribution is 2.38. The third kappa shape index (κ3) is 4.01. The predicted octanol–water partition coefficient (Wildman–Crippen LogP) is 4.16. The summed E-state index contributed by atoms with van der Waals surface area (Å²) in [5.41, 5.74) is 2.38. The average Bonchev–Trinajstić information content (AvgIpc) is 3.20. The predicted molar refractivity (Wildman–Crippen MR) is 134 cm³/mol. The van der Waals surface area contributed by atoms with Gasteiger partial charge in [-0.15, -0.1) is 0 Å². The van der Waals surface area contributed by atoms with Crippen LogP contribution in [0, 0.1) is 0 Å². The van der Waals surface area contributed by atoms with E-state index in [1.165, 1.54) is 7.11 Å². The Hall–Kier alpha value is -3.43. The number of sulfonamides is 1. The maximum absolute atomic E-state index is 13.4. The highest BCUT2D eigenvalue weighted by atomic mass is 32.2. The molecule has 1 aliphatic rings. The van der Waals surface area contributed by atoms with Crippen molar-refractivity contribution in [3.63, 3.8) is 0 Å². The minimum Gasteiger partial charge on any atom is -0.495 e. The van der Waals surface area contributed by atoms with E-state index in [0.717, 1.165) is 48.2 Å². The van der Waals surface area contributed by atoms with Crippen LogP contribution in [0.25, 0.3) is 21.9 Å². The van der Waals surface area contributed by atoms with E-state index in [1.807, 2.05) is 24.3 Å². The molecule has 0 aliphatic carbocycles. The molecule has 0 amide bonds. The fourth-order valence-electron chi connectivity index (χ4n) is 4.34. The summed E-state index contributed by atoms with van der Waals surface area (Å²) in [6.07, 6.45) is 0. The first-order valence-electron chi connectivity index (χ1n) is 11.0. The third-order valence-electron chi connectivity index (χ3n) is 6.25. The van der Waals surface area contributed by atoms with Crippen molar-refractivity contribution >= 4 is 43.3 Å². The van der Waals surface area contributed by atoms with Crippen molar-refractivity contribution in [1.29, 1.82) is 0 Å². The van der Waals surface area contributed by atoms with Crippen molar-refractivity contribution in [3.05, 3.63) is 54.6 Å². The number of methoxy groups -OCH3 is 2. The molecule has 1 aromatic heterocycles. The van der Waals surface area contributed by atoms with Gasteiger partial charge in [-0.25, -0.2) is 8.42 Å². The van der Waals surface area contributed by atoms with Crippen LogP contribution < -0.4 is 19.1 Å². The zero-order valence-electron chi connectivity index (χ0n) is 19.4. The lowest BCUT2D eigenvalue weighted by Crippen LogP contribution is -2.44. The highest BCUT2D eigenvalue weighted by molar-refractivity contribution is 7.92. The molecule has 1 aliphatic heterocycles. The number of fused-ring (bicyclic) bond motifs is 3. The molecule has 1 saturated heterocycles. The number of piperazine rings is 1. The van der Waals surface area contributed by atoms with Crippen molar-refractivity contribution in [2.45, 2.75) is 4.90 Å². The second-order valence-electron chi connectivity index (χ2n) is 8.38. The minimum absolute atomic E-state index is 0.147. The third-order valence-corrected chi connectivity index (χ3v) is 7.61. The van der Waals surface area contributed by atoms with E-state index < -0.39 is 10.0 Å². The maximum atomic E-state index is 13.4. The quantitative estimate of drug-likeness (QED) is 0.443. The molecule has 0 atom stereocenters. The first kappa shape index (κ1) is 22.4. The van der Waals surface area contributed by atoms with Gasteiger partial charge in [0, 0.05) is 43.0 Å². The highest BCUT2D eigenvalue weighted by Gasteiger charge is 2.23. The second kappa shape index (κ2) is 8.73. The molecule has 5 rings (SSSR count). The fraction of sp³-hybridized carbons (Fsp3) is 0.280. The lowest BCUT2D eigenvalue weighted by molar-refractivity contribution is 0.311. The van der Waals surface area contributed by atoms with Crippen LogP contribution in [-0.2, 0) is 10.0 Å². The number of furan rings is 1. The van der Waals surface area contributed by atoms with E-state index in [1.54, 1.807) is 37.4 Å². The minimum atomic E-state index is -3.91. The SMILES string of the molecule is COc1cc2c(cc1NS(=O)(=O)c1ccc(OC)c(N3CCN(C)CC3)c1)oc1ccccc12. The number of hydrogen-bond donors (Lipinski definition) is 1. The van der Waals surface area contributed by atoms with Gasteiger partial charge in [0.1, 0.15) is 22.7 Å². The van der Waals surface area contributed by atoms with Gasteiger partial charge >= 0.3 is 0 Å². The Kier molecular flexibility index (Phi) is 5.75. The summed E-state index contributed by atoms with van der Waals surface area (Å²) >= 11 is 0. The van der Waals surface area contributed by atoms with Crippen LogP contribution in [0.1, 0.15) is 0 Å². The molecule has 0 saturated carbocycles. The number of rotatable bonds is 6. The largest absolute Gasteiger partial charge is 0.495 e. The number of hydrogen-bond acceptors (Lipinski definition) is 7. The van der Waals surface area contributed by atoms with Gasteiger partial charge in [-0.2, -0.15) is 0 Å². The molecular formula is C25H27N3O5S. The van der Waals surface area contributed by atoms with Crippen molar-refractivity contribution in [2.24, 2.45) is 0 Å². The first-order chi connectivity index (χ1) is 16.4. The second-order valence-corrected chi connectivity index (χ2v) is 10.1. The molecule has 34 heavy (non-hydrogen) atoms. The van der Waals surface area contributed by atoms with Crippen LogP contribution in [0.15, 0.2) is 63.9 Å². The number of nitrogens with one attached hydrogen (secondary N) is 1. The lowest BCUT2D eigenvalue weighted by Gasteiger charge is -2.34. The molecule has 9 heteroatoms. The van der Waals surface area contributed by atoms with Gasteiger partial charge in [-0.05, 0) is 37.4 Å². The molecule has 0 spiro atoms. The summed E-state index contributed by atoms with van der Waals surface area (Å²) in [6, 6.07) is 16.0. The van der Waals surface area contributed by atoms with Crippen LogP contribution in [0.4, 0.5) is 11.4 Å². The zero-order valence-corrected chi connectivity index (χ0v) is 20.2. The van der Waals surface area contributed by atoms with Gasteiger partial charge < -0.3 is 23.7 Å². The van der Waals surface area contributed by atoms with Gasteiger partial charge in [0.2, 0.25) is 0 Å². The summed E-state index contributed by atoms with van der Waals surface area (Å²) in [6.45, 7) is 3.38. The topological polar surface area (TPSA) is 84.2 Å². The summed E-state index contributed by atoms with van der Waals surface area (Å²) in [5, 5.41) is 1.80. The number of ether oxygens (including phenoxy) is 2. The number of anilines is 2. The summed E-state index contributed by atoms with van der Waals surface area (Å²) < 4.78 is 46.5.